The van der Waals surface area contributed by atoms with E-state index in [1.807, 2.05) is 26.8 Å². The SMILES string of the molecule is CCN1C(=O)/C(=C/c2ccc(CNC(=O)C(=O)Nc3ccc(C)c(C)c3)o2)C(C(=O)OC)=C1C. The van der Waals surface area contributed by atoms with Gasteiger partial charge in [0.2, 0.25) is 0 Å². The van der Waals surface area contributed by atoms with Crippen molar-refractivity contribution in [1.82, 2.24) is 10.2 Å². The van der Waals surface area contributed by atoms with Crippen molar-refractivity contribution in [2.24, 2.45) is 0 Å². The predicted octanol–water partition coefficient (Wildman–Crippen LogP) is 2.84. The molecule has 0 saturated heterocycles. The monoisotopic (exact) mass is 465 g/mol. The molecule has 3 amide bonds. The zero-order chi connectivity index (χ0) is 25.0. The van der Waals surface area contributed by atoms with Gasteiger partial charge in [-0.05, 0) is 69.2 Å². The smallest absolute Gasteiger partial charge is 0.340 e. The number of rotatable bonds is 6. The van der Waals surface area contributed by atoms with Gasteiger partial charge in [-0.3, -0.25) is 14.4 Å². The number of allylic oxidation sites excluding steroid dienone is 1. The fourth-order valence-electron chi connectivity index (χ4n) is 3.57. The lowest BCUT2D eigenvalue weighted by Crippen LogP contribution is -2.34. The molecule has 2 N–H and O–H groups in total. The largest absolute Gasteiger partial charge is 0.465 e. The first-order valence-corrected chi connectivity index (χ1v) is 10.7. The Balaban J connectivity index is 1.67. The number of hydrogen-bond acceptors (Lipinski definition) is 6. The van der Waals surface area contributed by atoms with Crippen LogP contribution < -0.4 is 10.6 Å². The normalized spacial score (nSPS) is 14.6. The van der Waals surface area contributed by atoms with Crippen molar-refractivity contribution in [1.29, 1.82) is 0 Å². The summed E-state index contributed by atoms with van der Waals surface area (Å²) in [6, 6.07) is 8.59. The maximum atomic E-state index is 12.7. The van der Waals surface area contributed by atoms with Crippen molar-refractivity contribution in [3.05, 3.63) is 69.8 Å². The molecule has 1 aromatic carbocycles. The van der Waals surface area contributed by atoms with E-state index in [0.717, 1.165) is 11.1 Å². The molecule has 1 aliphatic heterocycles. The molecule has 9 nitrogen and oxygen atoms in total. The fraction of sp³-hybridized carbons (Fsp3) is 0.280. The van der Waals surface area contributed by atoms with Crippen molar-refractivity contribution in [3.63, 3.8) is 0 Å². The summed E-state index contributed by atoms with van der Waals surface area (Å²) in [6.07, 6.45) is 1.46. The lowest BCUT2D eigenvalue weighted by Gasteiger charge is -2.14. The molecule has 9 heteroatoms. The molecule has 0 unspecified atom stereocenters. The van der Waals surface area contributed by atoms with Crippen molar-refractivity contribution >= 4 is 35.5 Å². The zero-order valence-electron chi connectivity index (χ0n) is 19.8. The topological polar surface area (TPSA) is 118 Å². The summed E-state index contributed by atoms with van der Waals surface area (Å²) in [5.74, 6) is -1.85. The third kappa shape index (κ3) is 5.09. The molecule has 0 spiro atoms. The van der Waals surface area contributed by atoms with E-state index < -0.39 is 17.8 Å². The number of anilines is 1. The van der Waals surface area contributed by atoms with Gasteiger partial charge in [0.05, 0.1) is 24.8 Å². The summed E-state index contributed by atoms with van der Waals surface area (Å²) < 4.78 is 10.5. The maximum absolute atomic E-state index is 12.7. The molecular formula is C25H27N3O6. The minimum Gasteiger partial charge on any atom is -0.465 e. The highest BCUT2D eigenvalue weighted by molar-refractivity contribution is 6.39. The van der Waals surface area contributed by atoms with E-state index in [-0.39, 0.29) is 23.6 Å². The number of hydrogen-bond donors (Lipinski definition) is 2. The molecule has 0 bridgehead atoms. The predicted molar refractivity (Wildman–Crippen MR) is 125 cm³/mol. The Kier molecular flexibility index (Phi) is 7.35. The first kappa shape index (κ1) is 24.5. The van der Waals surface area contributed by atoms with Gasteiger partial charge in [-0.25, -0.2) is 4.79 Å². The van der Waals surface area contributed by atoms with E-state index in [9.17, 15) is 19.2 Å². The number of likely N-dealkylation sites (N-methyl/N-ethyl adjacent to an activating group) is 1. The van der Waals surface area contributed by atoms with Crippen LogP contribution in [0.25, 0.3) is 6.08 Å². The molecule has 1 aliphatic rings. The number of ether oxygens (including phenoxy) is 1. The highest BCUT2D eigenvalue weighted by Crippen LogP contribution is 2.31. The van der Waals surface area contributed by atoms with Gasteiger partial charge in [0.25, 0.3) is 5.91 Å². The van der Waals surface area contributed by atoms with Crippen molar-refractivity contribution in [3.8, 4) is 0 Å². The number of furan rings is 1. The Labute approximate surface area is 197 Å². The van der Waals surface area contributed by atoms with Gasteiger partial charge in [-0.15, -0.1) is 0 Å². The summed E-state index contributed by atoms with van der Waals surface area (Å²) in [6.45, 7) is 7.73. The second kappa shape index (κ2) is 10.2. The Morgan fingerprint density at radius 1 is 1.06 bits per heavy atom. The van der Waals surface area contributed by atoms with Crippen LogP contribution in [0, 0.1) is 13.8 Å². The van der Waals surface area contributed by atoms with E-state index in [4.69, 9.17) is 9.15 Å². The number of benzene rings is 1. The molecule has 1 aromatic heterocycles. The van der Waals surface area contributed by atoms with Crippen LogP contribution in [0.2, 0.25) is 0 Å². The number of amides is 3. The summed E-state index contributed by atoms with van der Waals surface area (Å²) in [4.78, 5) is 50.8. The first-order valence-electron chi connectivity index (χ1n) is 10.7. The van der Waals surface area contributed by atoms with E-state index >= 15 is 0 Å². The summed E-state index contributed by atoms with van der Waals surface area (Å²) >= 11 is 0. The molecule has 178 valence electrons. The lowest BCUT2D eigenvalue weighted by molar-refractivity contribution is -0.136. The standard InChI is InChI=1S/C25H27N3O6/c1-6-28-16(4)21(25(32)33-5)20(24(28)31)12-18-9-10-19(34-18)13-26-22(29)23(30)27-17-8-7-14(2)15(3)11-17/h7-12H,6,13H2,1-5H3,(H,26,29)(H,27,30)/b20-12+. The molecule has 2 heterocycles. The molecular weight excluding hydrogens is 438 g/mol. The average Bonchev–Trinajstić information content (AvgIpc) is 3.35. The fourth-order valence-corrected chi connectivity index (χ4v) is 3.57. The third-order valence-electron chi connectivity index (χ3n) is 5.58. The number of carbonyl (C=O) groups excluding carboxylic acids is 4. The number of carbonyl (C=O) groups is 4. The molecule has 0 aliphatic carbocycles. The number of nitrogens with zero attached hydrogens (tertiary/aromatic N) is 1. The Morgan fingerprint density at radius 3 is 2.44 bits per heavy atom. The summed E-state index contributed by atoms with van der Waals surface area (Å²) in [5, 5.41) is 5.05. The van der Waals surface area contributed by atoms with Crippen LogP contribution in [0.15, 0.2) is 51.6 Å². The van der Waals surface area contributed by atoms with Crippen LogP contribution in [0.5, 0.6) is 0 Å². The number of aryl methyl sites for hydroxylation is 2. The minimum atomic E-state index is -0.814. The first-order chi connectivity index (χ1) is 16.2. The van der Waals surface area contributed by atoms with Crippen LogP contribution in [-0.4, -0.2) is 42.2 Å². The second-order valence-electron chi connectivity index (χ2n) is 7.80. The second-order valence-corrected chi connectivity index (χ2v) is 7.80. The average molecular weight is 466 g/mol. The van der Waals surface area contributed by atoms with Gasteiger partial charge in [0.15, 0.2) is 0 Å². The molecule has 3 rings (SSSR count). The summed E-state index contributed by atoms with van der Waals surface area (Å²) in [5.41, 5.74) is 3.48. The third-order valence-corrected chi connectivity index (χ3v) is 5.58. The van der Waals surface area contributed by atoms with Gasteiger partial charge in [-0.2, -0.15) is 0 Å². The van der Waals surface area contributed by atoms with Crippen molar-refractivity contribution in [2.45, 2.75) is 34.2 Å². The number of nitrogens with one attached hydrogen (secondary N) is 2. The van der Waals surface area contributed by atoms with Crippen LogP contribution in [0.4, 0.5) is 5.69 Å². The lowest BCUT2D eigenvalue weighted by atomic mass is 10.1. The highest BCUT2D eigenvalue weighted by atomic mass is 16.5. The van der Waals surface area contributed by atoms with Crippen LogP contribution in [0.3, 0.4) is 0 Å². The zero-order valence-corrected chi connectivity index (χ0v) is 19.8. The van der Waals surface area contributed by atoms with Gasteiger partial charge < -0.3 is 24.7 Å². The highest BCUT2D eigenvalue weighted by Gasteiger charge is 2.36. The molecule has 0 fully saturated rings. The molecule has 0 atom stereocenters. The van der Waals surface area contributed by atoms with Gasteiger partial charge in [0, 0.05) is 17.9 Å². The van der Waals surface area contributed by atoms with E-state index in [1.165, 1.54) is 18.1 Å². The molecule has 2 aromatic rings. The Morgan fingerprint density at radius 2 is 1.79 bits per heavy atom. The minimum absolute atomic E-state index is 0.0316. The Hall–Kier alpha value is -4.14. The quantitative estimate of drug-likeness (QED) is 0.385. The van der Waals surface area contributed by atoms with Crippen LogP contribution in [0.1, 0.15) is 36.5 Å². The van der Waals surface area contributed by atoms with Gasteiger partial charge >= 0.3 is 17.8 Å². The summed E-state index contributed by atoms with van der Waals surface area (Å²) in [7, 11) is 1.25. The molecule has 34 heavy (non-hydrogen) atoms. The van der Waals surface area contributed by atoms with E-state index in [1.54, 1.807) is 31.2 Å². The van der Waals surface area contributed by atoms with Gasteiger partial charge in [-0.1, -0.05) is 6.07 Å². The van der Waals surface area contributed by atoms with E-state index in [2.05, 4.69) is 10.6 Å². The molecule has 0 radical (unpaired) electrons. The number of methoxy groups -OCH3 is 1. The maximum Gasteiger partial charge on any atom is 0.340 e. The van der Waals surface area contributed by atoms with Crippen molar-refractivity contribution in [2.75, 3.05) is 19.0 Å². The van der Waals surface area contributed by atoms with Crippen LogP contribution >= 0.6 is 0 Å². The van der Waals surface area contributed by atoms with Crippen molar-refractivity contribution < 1.29 is 28.3 Å². The molecule has 0 saturated carbocycles. The Bertz CT molecular complexity index is 1220. The number of esters is 1. The van der Waals surface area contributed by atoms with E-state index in [0.29, 0.717) is 29.4 Å². The van der Waals surface area contributed by atoms with Crippen LogP contribution in [-0.2, 0) is 30.5 Å². The van der Waals surface area contributed by atoms with Gasteiger partial charge in [0.1, 0.15) is 11.5 Å².